The van der Waals surface area contributed by atoms with Crippen LogP contribution in [0.2, 0.25) is 0 Å². The number of hydrogen-bond donors (Lipinski definition) is 6. The lowest BCUT2D eigenvalue weighted by Gasteiger charge is -2.27. The Morgan fingerprint density at radius 3 is 1.22 bits per heavy atom. The molecule has 0 heterocycles. The van der Waals surface area contributed by atoms with Crippen molar-refractivity contribution in [3.63, 3.8) is 0 Å². The molecule has 6 N–H and O–H groups in total. The number of carbonyl (C=O) groups is 2. The van der Waals surface area contributed by atoms with Gasteiger partial charge in [-0.2, -0.15) is 0 Å². The van der Waals surface area contributed by atoms with Crippen molar-refractivity contribution in [1.82, 2.24) is 0 Å². The van der Waals surface area contributed by atoms with Crippen molar-refractivity contribution < 1.29 is 40.2 Å². The quantitative estimate of drug-likeness (QED) is 0.252. The van der Waals surface area contributed by atoms with Gasteiger partial charge in [0, 0.05) is 34.8 Å². The number of ketones is 2. The van der Waals surface area contributed by atoms with Gasteiger partial charge in [0.05, 0.1) is 39.6 Å². The van der Waals surface area contributed by atoms with Crippen LogP contribution in [0.5, 0.6) is 0 Å². The highest BCUT2D eigenvalue weighted by atomic mass is 16.3. The van der Waals surface area contributed by atoms with Crippen molar-refractivity contribution in [3.05, 3.63) is 34.9 Å². The van der Waals surface area contributed by atoms with E-state index in [0.717, 1.165) is 0 Å². The first-order valence-corrected chi connectivity index (χ1v) is 8.57. The number of aryl methyl sites for hydroxylation is 1. The molecule has 0 aromatic heterocycles. The molecule has 0 aliphatic heterocycles. The zero-order valence-corrected chi connectivity index (χ0v) is 15.4. The molecule has 0 spiro atoms. The molecule has 0 amide bonds. The molecule has 0 unspecified atom stereocenters. The maximum absolute atomic E-state index is 12.6. The van der Waals surface area contributed by atoms with Crippen molar-refractivity contribution in [2.24, 2.45) is 10.8 Å². The molecule has 8 heteroatoms. The van der Waals surface area contributed by atoms with Gasteiger partial charge < -0.3 is 30.6 Å². The van der Waals surface area contributed by atoms with Gasteiger partial charge in [-0.25, -0.2) is 0 Å². The second-order valence-electron chi connectivity index (χ2n) is 7.24. The minimum Gasteiger partial charge on any atom is -0.396 e. The third-order valence-electron chi connectivity index (χ3n) is 4.80. The lowest BCUT2D eigenvalue weighted by atomic mass is 9.82. The number of aliphatic hydroxyl groups excluding tert-OH is 6. The van der Waals surface area contributed by atoms with Gasteiger partial charge >= 0.3 is 0 Å². The van der Waals surface area contributed by atoms with E-state index in [-0.39, 0.29) is 24.0 Å². The Labute approximate surface area is 157 Å². The minimum absolute atomic E-state index is 0.181. The van der Waals surface area contributed by atoms with Gasteiger partial charge in [0.2, 0.25) is 0 Å². The molecule has 27 heavy (non-hydrogen) atoms. The molecule has 1 rings (SSSR count). The van der Waals surface area contributed by atoms with E-state index in [0.29, 0.717) is 5.56 Å². The lowest BCUT2D eigenvalue weighted by molar-refractivity contribution is 0.00179. The highest BCUT2D eigenvalue weighted by Crippen LogP contribution is 2.26. The van der Waals surface area contributed by atoms with Gasteiger partial charge in [0.25, 0.3) is 0 Å². The highest BCUT2D eigenvalue weighted by Gasteiger charge is 2.33. The van der Waals surface area contributed by atoms with Crippen LogP contribution >= 0.6 is 0 Å². The molecular formula is C19H28O8. The van der Waals surface area contributed by atoms with E-state index in [1.54, 1.807) is 19.1 Å². The highest BCUT2D eigenvalue weighted by molar-refractivity contribution is 6.02. The zero-order valence-electron chi connectivity index (χ0n) is 15.4. The van der Waals surface area contributed by atoms with Gasteiger partial charge in [-0.3, -0.25) is 9.59 Å². The van der Waals surface area contributed by atoms with Crippen LogP contribution < -0.4 is 0 Å². The summed E-state index contributed by atoms with van der Waals surface area (Å²) in [6.07, 6.45) is -0.608. The average molecular weight is 384 g/mol. The van der Waals surface area contributed by atoms with Crippen LogP contribution in [-0.4, -0.2) is 81.8 Å². The minimum atomic E-state index is -1.36. The van der Waals surface area contributed by atoms with E-state index in [4.69, 9.17) is 0 Å². The second kappa shape index (κ2) is 10.0. The van der Waals surface area contributed by atoms with E-state index in [9.17, 15) is 40.2 Å². The molecule has 8 nitrogen and oxygen atoms in total. The molecule has 1 aromatic rings. The summed E-state index contributed by atoms with van der Waals surface area (Å²) < 4.78 is 0. The predicted octanol–water partition coefficient (Wildman–Crippen LogP) is -0.933. The van der Waals surface area contributed by atoms with Crippen molar-refractivity contribution in [2.75, 3.05) is 39.6 Å². The molecule has 0 atom stereocenters. The maximum Gasteiger partial charge on any atom is 0.163 e. The van der Waals surface area contributed by atoms with Crippen LogP contribution in [-0.2, 0) is 0 Å². The normalized spacial score (nSPS) is 12.3. The van der Waals surface area contributed by atoms with E-state index in [1.807, 2.05) is 0 Å². The monoisotopic (exact) mass is 384 g/mol. The Hall–Kier alpha value is -1.68. The largest absolute Gasteiger partial charge is 0.396 e. The Morgan fingerprint density at radius 1 is 0.667 bits per heavy atom. The molecule has 0 bridgehead atoms. The second-order valence-corrected chi connectivity index (χ2v) is 7.24. The molecule has 0 saturated heterocycles. The number of hydrogen-bond acceptors (Lipinski definition) is 8. The van der Waals surface area contributed by atoms with Crippen molar-refractivity contribution in [2.45, 2.75) is 19.8 Å². The zero-order chi connectivity index (χ0) is 20.7. The fraction of sp³-hybridized carbons (Fsp3) is 0.579. The van der Waals surface area contributed by atoms with Crippen LogP contribution in [0.3, 0.4) is 0 Å². The van der Waals surface area contributed by atoms with Crippen LogP contribution in [0, 0.1) is 17.8 Å². The molecule has 0 aliphatic carbocycles. The van der Waals surface area contributed by atoms with Crippen molar-refractivity contribution in [3.8, 4) is 0 Å². The smallest absolute Gasteiger partial charge is 0.163 e. The first kappa shape index (κ1) is 23.4. The fourth-order valence-corrected chi connectivity index (χ4v) is 2.63. The van der Waals surface area contributed by atoms with Crippen LogP contribution in [0.25, 0.3) is 0 Å². The molecule has 0 aliphatic rings. The summed E-state index contributed by atoms with van der Waals surface area (Å²) in [7, 11) is 0. The van der Waals surface area contributed by atoms with Crippen LogP contribution in [0.15, 0.2) is 18.2 Å². The van der Waals surface area contributed by atoms with Gasteiger partial charge in [-0.05, 0) is 30.7 Å². The first-order chi connectivity index (χ1) is 12.7. The predicted molar refractivity (Wildman–Crippen MR) is 96.5 cm³/mol. The first-order valence-electron chi connectivity index (χ1n) is 8.57. The number of Topliss-reactive ketones (excluding diaryl/α,β-unsaturated/α-hetero) is 2. The molecular weight excluding hydrogens is 356 g/mol. The van der Waals surface area contributed by atoms with E-state index < -0.39 is 62.0 Å². The van der Waals surface area contributed by atoms with Crippen LogP contribution in [0.1, 0.15) is 39.1 Å². The summed E-state index contributed by atoms with van der Waals surface area (Å²) in [5.74, 6) is -0.912. The topological polar surface area (TPSA) is 156 Å². The maximum atomic E-state index is 12.6. The Kier molecular flexibility index (Phi) is 8.67. The van der Waals surface area contributed by atoms with E-state index >= 15 is 0 Å². The molecule has 0 saturated carbocycles. The summed E-state index contributed by atoms with van der Waals surface area (Å²) in [4.78, 5) is 25.1. The third-order valence-corrected chi connectivity index (χ3v) is 4.80. The summed E-state index contributed by atoms with van der Waals surface area (Å²) in [5, 5.41) is 56.3. The number of carbonyl (C=O) groups excluding carboxylic acids is 2. The Bertz CT molecular complexity index is 578. The fourth-order valence-electron chi connectivity index (χ4n) is 2.63. The van der Waals surface area contributed by atoms with Crippen molar-refractivity contribution >= 4 is 11.6 Å². The summed E-state index contributed by atoms with van der Waals surface area (Å²) in [6.45, 7) is -1.76. The number of rotatable bonds is 12. The van der Waals surface area contributed by atoms with Crippen LogP contribution in [0.4, 0.5) is 0 Å². The molecule has 152 valence electrons. The van der Waals surface area contributed by atoms with Gasteiger partial charge in [-0.15, -0.1) is 0 Å². The number of benzene rings is 1. The molecule has 0 radical (unpaired) electrons. The van der Waals surface area contributed by atoms with Crippen molar-refractivity contribution in [1.29, 1.82) is 0 Å². The van der Waals surface area contributed by atoms with Gasteiger partial charge in [0.15, 0.2) is 11.6 Å². The van der Waals surface area contributed by atoms with Gasteiger partial charge in [-0.1, -0.05) is 0 Å². The average Bonchev–Trinajstić information content (AvgIpc) is 2.69. The molecule has 0 fully saturated rings. The Balaban J connectivity index is 3.13. The summed E-state index contributed by atoms with van der Waals surface area (Å²) >= 11 is 0. The molecule has 1 aromatic carbocycles. The van der Waals surface area contributed by atoms with E-state index in [1.165, 1.54) is 6.07 Å². The number of aliphatic hydroxyl groups is 6. The SMILES string of the molecule is Cc1cc(C(=O)CC(CO)(CO)CO)cc(C(=O)CC(CO)(CO)CO)c1. The third kappa shape index (κ3) is 5.65. The lowest BCUT2D eigenvalue weighted by Crippen LogP contribution is -2.36. The Morgan fingerprint density at radius 2 is 0.963 bits per heavy atom. The standard InChI is InChI=1S/C19H28O8/c1-13-2-14(16(26)5-18(7-20,8-21)9-22)4-15(3-13)17(27)6-19(10-23,11-24)12-25/h2-4,20-25H,5-12H2,1H3. The van der Waals surface area contributed by atoms with E-state index in [2.05, 4.69) is 0 Å². The summed E-state index contributed by atoms with van der Waals surface area (Å²) in [6, 6.07) is 4.45. The summed E-state index contributed by atoms with van der Waals surface area (Å²) in [5.41, 5.74) is -1.73. The van der Waals surface area contributed by atoms with Gasteiger partial charge in [0.1, 0.15) is 0 Å².